The average molecular weight is 380 g/mol. The maximum atomic E-state index is 13.1. The topological polar surface area (TPSA) is 59.4 Å². The van der Waals surface area contributed by atoms with Crippen molar-refractivity contribution in [3.05, 3.63) is 75.5 Å². The van der Waals surface area contributed by atoms with Crippen molar-refractivity contribution in [3.63, 3.8) is 0 Å². The van der Waals surface area contributed by atoms with E-state index in [2.05, 4.69) is 9.98 Å². The molecule has 120 valence electrons. The Morgan fingerprint density at radius 3 is 2.46 bits per heavy atom. The first-order valence-electron chi connectivity index (χ1n) is 6.83. The van der Waals surface area contributed by atoms with E-state index in [1.807, 2.05) is 0 Å². The van der Waals surface area contributed by atoms with Crippen LogP contribution in [-0.4, -0.2) is 22.2 Å². The molecule has 0 aliphatic carbocycles. The number of hydrogen-bond donors (Lipinski definition) is 0. The van der Waals surface area contributed by atoms with Crippen LogP contribution >= 0.6 is 34.8 Å². The van der Waals surface area contributed by atoms with E-state index in [4.69, 9.17) is 34.8 Å². The van der Waals surface area contributed by atoms with Gasteiger partial charge in [0, 0.05) is 23.0 Å². The smallest absolute Gasteiger partial charge is 0.253 e. The van der Waals surface area contributed by atoms with Gasteiger partial charge >= 0.3 is 0 Å². The van der Waals surface area contributed by atoms with Gasteiger partial charge in [0.15, 0.2) is 5.54 Å². The van der Waals surface area contributed by atoms with Crippen molar-refractivity contribution < 1.29 is 9.59 Å². The van der Waals surface area contributed by atoms with Crippen molar-refractivity contribution in [2.24, 2.45) is 4.99 Å². The molecular formula is C17H9Cl3N2O2. The van der Waals surface area contributed by atoms with Gasteiger partial charge in [-0.3, -0.25) is 19.6 Å². The molecule has 1 unspecified atom stereocenters. The summed E-state index contributed by atoms with van der Waals surface area (Å²) in [5.41, 5.74) is -0.514. The molecule has 0 saturated heterocycles. The van der Waals surface area contributed by atoms with Crippen LogP contribution in [0, 0.1) is 0 Å². The SMILES string of the molecule is O=C(Cl)c1ccc(C2(C(=O)c3cc(Cl)ccc3Cl)C=CC=N2)nc1. The summed E-state index contributed by atoms with van der Waals surface area (Å²) < 4.78 is 0. The first-order chi connectivity index (χ1) is 11.4. The second-order valence-corrected chi connectivity index (χ2v) is 6.25. The summed E-state index contributed by atoms with van der Waals surface area (Å²) >= 11 is 17.6. The van der Waals surface area contributed by atoms with Gasteiger partial charge in [-0.15, -0.1) is 0 Å². The molecule has 0 N–H and O–H groups in total. The molecule has 1 aliphatic rings. The second kappa shape index (κ2) is 6.48. The molecule has 0 radical (unpaired) electrons. The molecule has 0 spiro atoms. The lowest BCUT2D eigenvalue weighted by Crippen LogP contribution is -2.32. The van der Waals surface area contributed by atoms with Crippen LogP contribution in [0.1, 0.15) is 26.4 Å². The van der Waals surface area contributed by atoms with E-state index >= 15 is 0 Å². The average Bonchev–Trinajstić information content (AvgIpc) is 3.07. The Kier molecular flexibility index (Phi) is 4.54. The molecular weight excluding hydrogens is 371 g/mol. The van der Waals surface area contributed by atoms with E-state index in [0.29, 0.717) is 10.7 Å². The lowest BCUT2D eigenvalue weighted by atomic mass is 9.86. The monoisotopic (exact) mass is 378 g/mol. The summed E-state index contributed by atoms with van der Waals surface area (Å²) in [5.74, 6) is -0.363. The number of hydrogen-bond acceptors (Lipinski definition) is 4. The fourth-order valence-corrected chi connectivity index (χ4v) is 2.89. The van der Waals surface area contributed by atoms with Crippen molar-refractivity contribution in [2.45, 2.75) is 5.54 Å². The molecule has 2 aromatic rings. The molecule has 4 nitrogen and oxygen atoms in total. The number of allylic oxidation sites excluding steroid dienone is 1. The number of halogens is 3. The zero-order valence-electron chi connectivity index (χ0n) is 12.0. The molecule has 7 heteroatoms. The number of rotatable bonds is 4. The van der Waals surface area contributed by atoms with E-state index in [1.54, 1.807) is 30.4 Å². The van der Waals surface area contributed by atoms with E-state index in [0.717, 1.165) is 0 Å². The van der Waals surface area contributed by atoms with Crippen LogP contribution < -0.4 is 0 Å². The van der Waals surface area contributed by atoms with Gasteiger partial charge in [0.05, 0.1) is 16.3 Å². The quantitative estimate of drug-likeness (QED) is 0.581. The van der Waals surface area contributed by atoms with Crippen LogP contribution in [0.15, 0.2) is 53.7 Å². The van der Waals surface area contributed by atoms with Crippen LogP contribution in [0.4, 0.5) is 0 Å². The number of aliphatic imine (C=N–C) groups is 1. The Balaban J connectivity index is 2.11. The van der Waals surface area contributed by atoms with Crippen LogP contribution in [0.25, 0.3) is 0 Å². The van der Waals surface area contributed by atoms with Gasteiger partial charge in [-0.1, -0.05) is 23.2 Å². The summed E-state index contributed by atoms with van der Waals surface area (Å²) in [5, 5.41) is 0.0320. The fourth-order valence-electron chi connectivity index (χ4n) is 2.40. The molecule has 3 rings (SSSR count). The van der Waals surface area contributed by atoms with E-state index in [-0.39, 0.29) is 21.9 Å². The van der Waals surface area contributed by atoms with Crippen LogP contribution in [0.2, 0.25) is 10.0 Å². The number of ketones is 1. The summed E-state index contributed by atoms with van der Waals surface area (Å²) in [6, 6.07) is 7.68. The van der Waals surface area contributed by atoms with Crippen LogP contribution in [0.5, 0.6) is 0 Å². The molecule has 1 aromatic carbocycles. The van der Waals surface area contributed by atoms with Crippen molar-refractivity contribution in [2.75, 3.05) is 0 Å². The lowest BCUT2D eigenvalue weighted by Gasteiger charge is -2.23. The lowest BCUT2D eigenvalue weighted by molar-refractivity contribution is 0.0921. The number of pyridine rings is 1. The highest BCUT2D eigenvalue weighted by Gasteiger charge is 2.41. The van der Waals surface area contributed by atoms with Gasteiger partial charge in [0.25, 0.3) is 5.24 Å². The number of nitrogens with zero attached hydrogens (tertiary/aromatic N) is 2. The molecule has 2 heterocycles. The Bertz CT molecular complexity index is 877. The molecule has 24 heavy (non-hydrogen) atoms. The molecule has 0 saturated carbocycles. The van der Waals surface area contributed by atoms with Crippen molar-refractivity contribution in [1.29, 1.82) is 0 Å². The van der Waals surface area contributed by atoms with Crippen LogP contribution in [-0.2, 0) is 5.54 Å². The Morgan fingerprint density at radius 2 is 1.88 bits per heavy atom. The Morgan fingerprint density at radius 1 is 1.08 bits per heavy atom. The third-order valence-electron chi connectivity index (χ3n) is 3.60. The van der Waals surface area contributed by atoms with Gasteiger partial charge in [0.2, 0.25) is 5.78 Å². The summed E-state index contributed by atoms with van der Waals surface area (Å²) in [7, 11) is 0. The summed E-state index contributed by atoms with van der Waals surface area (Å²) in [6.07, 6.45) is 6.09. The summed E-state index contributed by atoms with van der Waals surface area (Å²) in [4.78, 5) is 32.8. The highest BCUT2D eigenvalue weighted by molar-refractivity contribution is 6.67. The normalized spacial score (nSPS) is 18.8. The standard InChI is InChI=1S/C17H9Cl3N2O2/c18-11-3-4-13(19)12(8-11)15(23)17(6-1-7-22-17)14-5-2-10(9-21-14)16(20)24/h1-9H. The fraction of sp³-hybridized carbons (Fsp3) is 0.0588. The van der Waals surface area contributed by atoms with Gasteiger partial charge < -0.3 is 0 Å². The third kappa shape index (κ3) is 2.88. The van der Waals surface area contributed by atoms with Crippen LogP contribution in [0.3, 0.4) is 0 Å². The Labute approximate surface area is 152 Å². The maximum Gasteiger partial charge on any atom is 0.253 e. The number of carbonyl (C=O) groups excluding carboxylic acids is 2. The zero-order valence-corrected chi connectivity index (χ0v) is 14.3. The zero-order chi connectivity index (χ0) is 17.3. The minimum absolute atomic E-state index is 0.231. The van der Waals surface area contributed by atoms with Gasteiger partial charge in [0.1, 0.15) is 0 Å². The van der Waals surface area contributed by atoms with Gasteiger partial charge in [-0.2, -0.15) is 0 Å². The largest absolute Gasteiger partial charge is 0.291 e. The maximum absolute atomic E-state index is 13.1. The predicted molar refractivity (Wildman–Crippen MR) is 94.5 cm³/mol. The second-order valence-electron chi connectivity index (χ2n) is 5.06. The number of aromatic nitrogens is 1. The van der Waals surface area contributed by atoms with E-state index < -0.39 is 10.8 Å². The van der Waals surface area contributed by atoms with Gasteiger partial charge in [-0.05, 0) is 54.1 Å². The number of carbonyl (C=O) groups is 2. The highest BCUT2D eigenvalue weighted by Crippen LogP contribution is 2.35. The first kappa shape index (κ1) is 16.8. The third-order valence-corrected chi connectivity index (χ3v) is 4.38. The minimum atomic E-state index is -1.35. The molecule has 0 fully saturated rings. The van der Waals surface area contributed by atoms with Crippen molar-refractivity contribution >= 4 is 52.0 Å². The number of benzene rings is 1. The van der Waals surface area contributed by atoms with Crippen molar-refractivity contribution in [3.8, 4) is 0 Å². The number of Topliss-reactive ketones (excluding diaryl/α,β-unsaturated/α-hetero) is 1. The first-order valence-corrected chi connectivity index (χ1v) is 7.97. The highest BCUT2D eigenvalue weighted by atomic mass is 35.5. The molecule has 1 aromatic heterocycles. The molecule has 0 bridgehead atoms. The Hall–Kier alpha value is -2.01. The van der Waals surface area contributed by atoms with E-state index in [9.17, 15) is 9.59 Å². The minimum Gasteiger partial charge on any atom is -0.291 e. The molecule has 1 atom stereocenters. The van der Waals surface area contributed by atoms with Crippen molar-refractivity contribution in [1.82, 2.24) is 4.98 Å². The molecule has 1 aliphatic heterocycles. The van der Waals surface area contributed by atoms with Gasteiger partial charge in [-0.25, -0.2) is 0 Å². The van der Waals surface area contributed by atoms with E-state index in [1.165, 1.54) is 24.5 Å². The predicted octanol–water partition coefficient (Wildman–Crippen LogP) is 4.49. The summed E-state index contributed by atoms with van der Waals surface area (Å²) in [6.45, 7) is 0. The molecule has 0 amide bonds.